The van der Waals surface area contributed by atoms with Crippen LogP contribution in [0.5, 0.6) is 0 Å². The summed E-state index contributed by atoms with van der Waals surface area (Å²) >= 11 is 0. The number of pyridine rings is 1. The molecule has 0 saturated heterocycles. The first-order valence-electron chi connectivity index (χ1n) is 9.36. The van der Waals surface area contributed by atoms with E-state index in [1.807, 2.05) is 30.3 Å². The number of aromatic nitrogens is 1. The number of nitrogens with zero attached hydrogens (tertiary/aromatic N) is 1. The number of halogens is 3. The smallest absolute Gasteiger partial charge is 0.246 e. The number of aryl methyl sites for hydroxylation is 1. The Morgan fingerprint density at radius 3 is 2.41 bits per heavy atom. The minimum Gasteiger partial charge on any atom is -0.324 e. The number of amides is 1. The van der Waals surface area contributed by atoms with Crippen LogP contribution in [-0.4, -0.2) is 16.8 Å². The van der Waals surface area contributed by atoms with Crippen LogP contribution in [0.25, 0.3) is 10.9 Å². The first-order chi connectivity index (χ1) is 13.6. The average molecular weight is 400 g/mol. The summed E-state index contributed by atoms with van der Waals surface area (Å²) in [6.45, 7) is 4.00. The van der Waals surface area contributed by atoms with E-state index in [1.165, 1.54) is 13.0 Å². The molecule has 6 heteroatoms. The summed E-state index contributed by atoms with van der Waals surface area (Å²) < 4.78 is 41.8. The fraction of sp³-hybridized carbons (Fsp3) is 0.304. The van der Waals surface area contributed by atoms with Gasteiger partial charge in [-0.05, 0) is 38.0 Å². The van der Waals surface area contributed by atoms with Gasteiger partial charge in [-0.3, -0.25) is 4.79 Å². The minimum atomic E-state index is -3.01. The van der Waals surface area contributed by atoms with Crippen molar-refractivity contribution >= 4 is 22.5 Å². The molecule has 1 amide bonds. The lowest BCUT2D eigenvalue weighted by molar-refractivity contribution is -0.130. The number of benzene rings is 2. The molecule has 0 unspecified atom stereocenters. The molecule has 1 heterocycles. The second kappa shape index (κ2) is 7.85. The zero-order valence-corrected chi connectivity index (χ0v) is 16.6. The Bertz CT molecular complexity index is 1030. The third-order valence-corrected chi connectivity index (χ3v) is 4.92. The molecular weight excluding hydrogens is 377 g/mol. The predicted octanol–water partition coefficient (Wildman–Crippen LogP) is 5.92. The number of carbonyl (C=O) groups is 1. The molecule has 0 aliphatic rings. The molecule has 1 atom stereocenters. The lowest BCUT2D eigenvalue weighted by Gasteiger charge is -2.31. The highest BCUT2D eigenvalue weighted by Gasteiger charge is 2.41. The minimum absolute atomic E-state index is 0.164. The number of para-hydroxylation sites is 1. The van der Waals surface area contributed by atoms with Gasteiger partial charge < -0.3 is 5.32 Å². The third kappa shape index (κ3) is 4.94. The molecule has 1 N–H and O–H groups in total. The van der Waals surface area contributed by atoms with E-state index in [0.717, 1.165) is 12.5 Å². The molecule has 2 aromatic carbocycles. The van der Waals surface area contributed by atoms with Gasteiger partial charge >= 0.3 is 0 Å². The normalized spacial score (nSPS) is 13.9. The van der Waals surface area contributed by atoms with Crippen molar-refractivity contribution in [1.29, 1.82) is 0 Å². The molecule has 1 aromatic heterocycles. The number of anilines is 1. The van der Waals surface area contributed by atoms with E-state index in [4.69, 9.17) is 0 Å². The van der Waals surface area contributed by atoms with Crippen LogP contribution >= 0.6 is 0 Å². The third-order valence-electron chi connectivity index (χ3n) is 4.92. The lowest BCUT2D eigenvalue weighted by Crippen LogP contribution is -2.40. The van der Waals surface area contributed by atoms with Crippen LogP contribution in [0, 0.1) is 18.2 Å². The van der Waals surface area contributed by atoms with Crippen molar-refractivity contribution < 1.29 is 18.0 Å². The molecular formula is C23H23F3N2O. The second-order valence-electron chi connectivity index (χ2n) is 7.86. The Labute approximate surface area is 168 Å². The summed E-state index contributed by atoms with van der Waals surface area (Å²) in [4.78, 5) is 17.4. The van der Waals surface area contributed by atoms with Crippen molar-refractivity contribution in [2.75, 3.05) is 5.32 Å². The highest BCUT2D eigenvalue weighted by Crippen LogP contribution is 2.37. The summed E-state index contributed by atoms with van der Waals surface area (Å²) in [6, 6.07) is 15.2. The molecule has 152 valence electrons. The number of fused-ring (bicyclic) bond motifs is 1. The van der Waals surface area contributed by atoms with Crippen molar-refractivity contribution in [3.63, 3.8) is 0 Å². The van der Waals surface area contributed by atoms with Crippen molar-refractivity contribution in [2.45, 2.75) is 39.5 Å². The van der Waals surface area contributed by atoms with Gasteiger partial charge in [0.25, 0.3) is 0 Å². The van der Waals surface area contributed by atoms with Gasteiger partial charge in [-0.2, -0.15) is 0 Å². The van der Waals surface area contributed by atoms with Crippen LogP contribution in [0.3, 0.4) is 0 Å². The maximum atomic E-state index is 13.9. The molecule has 0 spiro atoms. The Morgan fingerprint density at radius 1 is 1.07 bits per heavy atom. The number of carbonyl (C=O) groups excluding carboxylic acids is 1. The monoisotopic (exact) mass is 400 g/mol. The van der Waals surface area contributed by atoms with Gasteiger partial charge in [-0.15, -0.1) is 0 Å². The summed E-state index contributed by atoms with van der Waals surface area (Å²) in [5, 5.41) is 3.27. The van der Waals surface area contributed by atoms with E-state index in [2.05, 4.69) is 10.3 Å². The Hall–Kier alpha value is -2.89. The molecule has 0 aliphatic heterocycles. The second-order valence-corrected chi connectivity index (χ2v) is 7.86. The van der Waals surface area contributed by atoms with Crippen LogP contribution in [0.4, 0.5) is 18.9 Å². The highest BCUT2D eigenvalue weighted by atomic mass is 19.3. The van der Waals surface area contributed by atoms with Gasteiger partial charge in [0.05, 0.1) is 16.8 Å². The number of hydrogen-bond acceptors (Lipinski definition) is 2. The first-order valence-corrected chi connectivity index (χ1v) is 9.36. The summed E-state index contributed by atoms with van der Waals surface area (Å²) in [5.74, 6) is -3.99. The lowest BCUT2D eigenvalue weighted by atomic mass is 9.77. The standard InChI is InChI=1S/C23H23F3N2O/c1-15-19(12-17-10-7-11-18(24)20(17)27-15)28-21(29)22(2,14-23(3,25)26)13-16-8-5-4-6-9-16/h4-12H,13-14H2,1-3H3,(H,28,29)/t22-/m0/s1. The molecule has 0 fully saturated rings. The van der Waals surface area contributed by atoms with Crippen LogP contribution in [0.15, 0.2) is 54.6 Å². The highest BCUT2D eigenvalue weighted by molar-refractivity contribution is 5.97. The first kappa shape index (κ1) is 20.8. The number of rotatable bonds is 6. The molecule has 0 aliphatic carbocycles. The van der Waals surface area contributed by atoms with Crippen LogP contribution in [0.2, 0.25) is 0 Å². The molecule has 29 heavy (non-hydrogen) atoms. The predicted molar refractivity (Wildman–Crippen MR) is 109 cm³/mol. The number of alkyl halides is 2. The fourth-order valence-electron chi connectivity index (χ4n) is 3.61. The van der Waals surface area contributed by atoms with Crippen LogP contribution in [-0.2, 0) is 11.2 Å². The van der Waals surface area contributed by atoms with E-state index in [-0.39, 0.29) is 11.9 Å². The van der Waals surface area contributed by atoms with E-state index in [1.54, 1.807) is 25.1 Å². The van der Waals surface area contributed by atoms with Crippen molar-refractivity contribution in [3.8, 4) is 0 Å². The van der Waals surface area contributed by atoms with Crippen LogP contribution < -0.4 is 5.32 Å². The van der Waals surface area contributed by atoms with E-state index in [9.17, 15) is 18.0 Å². The molecule has 0 saturated carbocycles. The van der Waals surface area contributed by atoms with Gasteiger partial charge in [-0.25, -0.2) is 18.2 Å². The van der Waals surface area contributed by atoms with Crippen molar-refractivity contribution in [3.05, 3.63) is 71.7 Å². The number of nitrogens with one attached hydrogen (secondary N) is 1. The maximum Gasteiger partial charge on any atom is 0.246 e. The zero-order valence-electron chi connectivity index (χ0n) is 16.6. The number of hydrogen-bond donors (Lipinski definition) is 1. The largest absolute Gasteiger partial charge is 0.324 e. The van der Waals surface area contributed by atoms with Crippen molar-refractivity contribution in [1.82, 2.24) is 4.98 Å². The summed E-state index contributed by atoms with van der Waals surface area (Å²) in [7, 11) is 0. The van der Waals surface area contributed by atoms with Gasteiger partial charge in [0.15, 0.2) is 0 Å². The summed E-state index contributed by atoms with van der Waals surface area (Å²) in [5.41, 5.74) is 0.455. The van der Waals surface area contributed by atoms with Gasteiger partial charge in [0.2, 0.25) is 11.8 Å². The zero-order chi connectivity index (χ0) is 21.2. The Kier molecular flexibility index (Phi) is 5.64. The van der Waals surface area contributed by atoms with Crippen LogP contribution in [0.1, 0.15) is 31.5 Å². The van der Waals surface area contributed by atoms with E-state index < -0.39 is 29.5 Å². The summed E-state index contributed by atoms with van der Waals surface area (Å²) in [6.07, 6.45) is -0.437. The molecule has 0 radical (unpaired) electrons. The molecule has 3 nitrogen and oxygen atoms in total. The molecule has 0 bridgehead atoms. The topological polar surface area (TPSA) is 42.0 Å². The quantitative estimate of drug-likeness (QED) is 0.558. The Balaban J connectivity index is 1.94. The fourth-order valence-corrected chi connectivity index (χ4v) is 3.61. The van der Waals surface area contributed by atoms with E-state index in [0.29, 0.717) is 16.8 Å². The van der Waals surface area contributed by atoms with Crippen molar-refractivity contribution in [2.24, 2.45) is 5.41 Å². The van der Waals surface area contributed by atoms with Gasteiger partial charge in [0, 0.05) is 11.8 Å². The van der Waals surface area contributed by atoms with E-state index >= 15 is 0 Å². The molecule has 3 aromatic rings. The SMILES string of the molecule is Cc1nc2c(F)cccc2cc1NC(=O)[C@@](C)(Cc1ccccc1)CC(C)(F)F. The maximum absolute atomic E-state index is 13.9. The molecule has 3 rings (SSSR count). The average Bonchev–Trinajstić information content (AvgIpc) is 2.62. The Morgan fingerprint density at radius 2 is 1.76 bits per heavy atom. The van der Waals surface area contributed by atoms with Gasteiger partial charge in [0.1, 0.15) is 11.3 Å². The van der Waals surface area contributed by atoms with Gasteiger partial charge in [-0.1, -0.05) is 49.4 Å².